The van der Waals surface area contributed by atoms with Crippen LogP contribution in [0.5, 0.6) is 11.5 Å². The summed E-state index contributed by atoms with van der Waals surface area (Å²) in [5, 5.41) is 1.05. The first-order valence-corrected chi connectivity index (χ1v) is 8.77. The SMILES string of the molecule is O=C(NNC(=O)c1c[nH]c2ccccc12)c1cc(Cl)c2c(c1)OCCCO2. The van der Waals surface area contributed by atoms with Gasteiger partial charge in [-0.2, -0.15) is 0 Å². The monoisotopic (exact) mass is 385 g/mol. The maximum atomic E-state index is 12.4. The molecule has 0 unspecified atom stereocenters. The summed E-state index contributed by atoms with van der Waals surface area (Å²) in [4.78, 5) is 27.8. The van der Waals surface area contributed by atoms with Gasteiger partial charge in [-0.05, 0) is 18.2 Å². The number of halogens is 1. The molecule has 1 aromatic heterocycles. The molecule has 3 aromatic rings. The highest BCUT2D eigenvalue weighted by Crippen LogP contribution is 2.37. The maximum Gasteiger partial charge on any atom is 0.271 e. The van der Waals surface area contributed by atoms with E-state index in [1.54, 1.807) is 12.3 Å². The Morgan fingerprint density at radius 3 is 2.70 bits per heavy atom. The molecule has 1 aliphatic rings. The zero-order valence-corrected chi connectivity index (χ0v) is 14.9. The van der Waals surface area contributed by atoms with Gasteiger partial charge < -0.3 is 14.5 Å². The number of hydrogen-bond acceptors (Lipinski definition) is 4. The second-order valence-corrected chi connectivity index (χ2v) is 6.40. The van der Waals surface area contributed by atoms with Crippen LogP contribution in [0.2, 0.25) is 5.02 Å². The largest absolute Gasteiger partial charge is 0.489 e. The highest BCUT2D eigenvalue weighted by atomic mass is 35.5. The number of carbonyl (C=O) groups excluding carboxylic acids is 2. The van der Waals surface area contributed by atoms with Crippen molar-refractivity contribution in [2.24, 2.45) is 0 Å². The molecule has 0 atom stereocenters. The van der Waals surface area contributed by atoms with E-state index in [1.165, 1.54) is 6.07 Å². The van der Waals surface area contributed by atoms with Crippen LogP contribution in [0.15, 0.2) is 42.6 Å². The smallest absolute Gasteiger partial charge is 0.271 e. The molecule has 27 heavy (non-hydrogen) atoms. The summed E-state index contributed by atoms with van der Waals surface area (Å²) >= 11 is 6.20. The number of carbonyl (C=O) groups is 2. The zero-order chi connectivity index (χ0) is 18.8. The second-order valence-electron chi connectivity index (χ2n) is 5.99. The molecule has 0 bridgehead atoms. The number of fused-ring (bicyclic) bond motifs is 2. The average Bonchev–Trinajstić information content (AvgIpc) is 2.96. The summed E-state index contributed by atoms with van der Waals surface area (Å²) in [6.07, 6.45) is 2.32. The fourth-order valence-electron chi connectivity index (χ4n) is 2.87. The average molecular weight is 386 g/mol. The van der Waals surface area contributed by atoms with Crippen LogP contribution in [-0.4, -0.2) is 30.0 Å². The van der Waals surface area contributed by atoms with Gasteiger partial charge in [-0.1, -0.05) is 29.8 Å². The Morgan fingerprint density at radius 1 is 1.04 bits per heavy atom. The third-order valence-corrected chi connectivity index (χ3v) is 4.47. The van der Waals surface area contributed by atoms with E-state index in [0.717, 1.165) is 17.3 Å². The molecular formula is C19H16ClN3O4. The predicted octanol–water partition coefficient (Wildman–Crippen LogP) is 3.06. The molecule has 138 valence electrons. The Labute approximate surface area is 159 Å². The van der Waals surface area contributed by atoms with E-state index in [1.807, 2.05) is 24.3 Å². The number of hydrazine groups is 1. The van der Waals surface area contributed by atoms with Crippen molar-refractivity contribution >= 4 is 34.3 Å². The van der Waals surface area contributed by atoms with E-state index in [2.05, 4.69) is 15.8 Å². The lowest BCUT2D eigenvalue weighted by Gasteiger charge is -2.12. The third-order valence-electron chi connectivity index (χ3n) is 4.19. The molecular weight excluding hydrogens is 370 g/mol. The first-order chi connectivity index (χ1) is 13.1. The number of nitrogens with one attached hydrogen (secondary N) is 3. The molecule has 2 heterocycles. The van der Waals surface area contributed by atoms with Gasteiger partial charge in [0.25, 0.3) is 11.8 Å². The Morgan fingerprint density at radius 2 is 1.81 bits per heavy atom. The van der Waals surface area contributed by atoms with E-state index in [9.17, 15) is 9.59 Å². The van der Waals surface area contributed by atoms with Gasteiger partial charge in [0.2, 0.25) is 0 Å². The lowest BCUT2D eigenvalue weighted by molar-refractivity contribution is 0.0847. The van der Waals surface area contributed by atoms with Gasteiger partial charge >= 0.3 is 0 Å². The first kappa shape index (κ1) is 17.2. The number of hydrogen-bond donors (Lipinski definition) is 3. The van der Waals surface area contributed by atoms with Crippen molar-refractivity contribution in [1.29, 1.82) is 0 Å². The van der Waals surface area contributed by atoms with E-state index in [4.69, 9.17) is 21.1 Å². The summed E-state index contributed by atoms with van der Waals surface area (Å²) in [6, 6.07) is 10.4. The van der Waals surface area contributed by atoms with Crippen molar-refractivity contribution in [3.8, 4) is 11.5 Å². The number of H-pyrrole nitrogens is 1. The Kier molecular flexibility index (Phi) is 4.60. The van der Waals surface area contributed by atoms with Gasteiger partial charge in [0.1, 0.15) is 0 Å². The van der Waals surface area contributed by atoms with Crippen molar-refractivity contribution in [3.05, 3.63) is 58.7 Å². The minimum Gasteiger partial charge on any atom is -0.489 e. The van der Waals surface area contributed by atoms with Gasteiger partial charge in [-0.3, -0.25) is 20.4 Å². The van der Waals surface area contributed by atoms with Crippen LogP contribution in [-0.2, 0) is 0 Å². The van der Waals surface area contributed by atoms with Gasteiger partial charge in [-0.15, -0.1) is 0 Å². The molecule has 0 saturated carbocycles. The molecule has 2 amide bonds. The number of para-hydroxylation sites is 1. The van der Waals surface area contributed by atoms with Crippen molar-refractivity contribution in [3.63, 3.8) is 0 Å². The zero-order valence-electron chi connectivity index (χ0n) is 14.2. The fraction of sp³-hybridized carbons (Fsp3) is 0.158. The first-order valence-electron chi connectivity index (χ1n) is 8.39. The van der Waals surface area contributed by atoms with Crippen molar-refractivity contribution in [2.75, 3.05) is 13.2 Å². The number of benzene rings is 2. The number of ether oxygens (including phenoxy) is 2. The van der Waals surface area contributed by atoms with Crippen LogP contribution in [0.25, 0.3) is 10.9 Å². The molecule has 2 aromatic carbocycles. The Bertz CT molecular complexity index is 1030. The third kappa shape index (κ3) is 3.41. The normalized spacial score (nSPS) is 13.1. The molecule has 0 spiro atoms. The van der Waals surface area contributed by atoms with Gasteiger partial charge in [0.05, 0.1) is 23.8 Å². The maximum absolute atomic E-state index is 12.4. The van der Waals surface area contributed by atoms with Crippen LogP contribution in [0.4, 0.5) is 0 Å². The highest BCUT2D eigenvalue weighted by Gasteiger charge is 2.19. The van der Waals surface area contributed by atoms with Crippen LogP contribution in [0, 0.1) is 0 Å². The van der Waals surface area contributed by atoms with E-state index in [-0.39, 0.29) is 10.6 Å². The van der Waals surface area contributed by atoms with Crippen LogP contribution >= 0.6 is 11.6 Å². The van der Waals surface area contributed by atoms with Crippen LogP contribution < -0.4 is 20.3 Å². The summed E-state index contributed by atoms with van der Waals surface area (Å²) in [6.45, 7) is 0.977. The van der Waals surface area contributed by atoms with Crippen molar-refractivity contribution < 1.29 is 19.1 Å². The second kappa shape index (κ2) is 7.20. The van der Waals surface area contributed by atoms with Gasteiger partial charge in [-0.25, -0.2) is 0 Å². The topological polar surface area (TPSA) is 92.5 Å². The van der Waals surface area contributed by atoms with E-state index in [0.29, 0.717) is 30.3 Å². The predicted molar refractivity (Wildman–Crippen MR) is 100 cm³/mol. The summed E-state index contributed by atoms with van der Waals surface area (Å²) in [5.74, 6) is -0.108. The quantitative estimate of drug-likeness (QED) is 0.591. The lowest BCUT2D eigenvalue weighted by atomic mass is 10.1. The fourth-order valence-corrected chi connectivity index (χ4v) is 3.14. The van der Waals surface area contributed by atoms with Gasteiger partial charge in [0.15, 0.2) is 11.5 Å². The summed E-state index contributed by atoms with van der Waals surface area (Å²) < 4.78 is 11.1. The Hall–Kier alpha value is -3.19. The molecule has 4 rings (SSSR count). The van der Waals surface area contributed by atoms with Crippen LogP contribution in [0.1, 0.15) is 27.1 Å². The molecule has 0 saturated heterocycles. The molecule has 3 N–H and O–H groups in total. The number of aromatic nitrogens is 1. The van der Waals surface area contributed by atoms with E-state index < -0.39 is 11.8 Å². The minimum absolute atomic E-state index is 0.253. The highest BCUT2D eigenvalue weighted by molar-refractivity contribution is 6.32. The van der Waals surface area contributed by atoms with E-state index >= 15 is 0 Å². The van der Waals surface area contributed by atoms with Crippen molar-refractivity contribution in [1.82, 2.24) is 15.8 Å². The van der Waals surface area contributed by atoms with Gasteiger partial charge in [0, 0.05) is 29.1 Å². The number of aromatic amines is 1. The minimum atomic E-state index is -0.513. The Balaban J connectivity index is 1.49. The molecule has 1 aliphatic heterocycles. The number of amides is 2. The summed E-state index contributed by atoms with van der Waals surface area (Å²) in [5.41, 5.74) is 6.33. The standard InChI is InChI=1S/C19H16ClN3O4/c20-14-8-11(9-16-17(14)27-7-3-6-26-16)18(24)22-23-19(25)13-10-21-15-5-2-1-4-12(13)15/h1-2,4-5,8-10,21H,3,6-7H2,(H,22,24)(H,23,25). The number of rotatable bonds is 2. The molecule has 0 radical (unpaired) electrons. The molecule has 0 aliphatic carbocycles. The molecule has 8 heteroatoms. The lowest BCUT2D eigenvalue weighted by Crippen LogP contribution is -2.41. The summed E-state index contributed by atoms with van der Waals surface area (Å²) in [7, 11) is 0. The van der Waals surface area contributed by atoms with Crippen molar-refractivity contribution in [2.45, 2.75) is 6.42 Å². The molecule has 0 fully saturated rings. The molecule has 7 nitrogen and oxygen atoms in total. The van der Waals surface area contributed by atoms with Crippen LogP contribution in [0.3, 0.4) is 0 Å².